The summed E-state index contributed by atoms with van der Waals surface area (Å²) in [5.74, 6) is 1.15. The van der Waals surface area contributed by atoms with Gasteiger partial charge in [0.15, 0.2) is 0 Å². The second kappa shape index (κ2) is 4.97. The van der Waals surface area contributed by atoms with Crippen molar-refractivity contribution in [3.05, 3.63) is 12.7 Å². The third-order valence-electron chi connectivity index (χ3n) is 3.39. The van der Waals surface area contributed by atoms with E-state index in [1.54, 1.807) is 0 Å². The molecule has 1 heterocycles. The number of hydrogen-bond donors (Lipinski definition) is 0. The Labute approximate surface area is 88.5 Å². The van der Waals surface area contributed by atoms with Crippen molar-refractivity contribution in [1.82, 2.24) is 0 Å². The average molecular weight is 196 g/mol. The molecule has 0 aromatic heterocycles. The summed E-state index contributed by atoms with van der Waals surface area (Å²) < 4.78 is 6.02. The molecular weight excluding hydrogens is 172 g/mol. The monoisotopic (exact) mass is 196 g/mol. The van der Waals surface area contributed by atoms with Gasteiger partial charge in [0.1, 0.15) is 0 Å². The fourth-order valence-corrected chi connectivity index (χ4v) is 2.86. The smallest absolute Gasteiger partial charge is 0.0747 e. The van der Waals surface area contributed by atoms with Crippen molar-refractivity contribution in [2.75, 3.05) is 6.61 Å². The molecular formula is C13H24O. The van der Waals surface area contributed by atoms with Gasteiger partial charge >= 0.3 is 0 Å². The van der Waals surface area contributed by atoms with Crippen LogP contribution in [0.2, 0.25) is 0 Å². The number of rotatable bonds is 5. The molecule has 1 saturated heterocycles. The molecule has 1 nitrogen and oxygen atoms in total. The molecule has 14 heavy (non-hydrogen) atoms. The topological polar surface area (TPSA) is 9.23 Å². The molecule has 1 heteroatoms. The normalized spacial score (nSPS) is 29.4. The van der Waals surface area contributed by atoms with Gasteiger partial charge in [-0.1, -0.05) is 33.3 Å². The van der Waals surface area contributed by atoms with E-state index >= 15 is 0 Å². The Bertz CT molecular complexity index is 178. The van der Waals surface area contributed by atoms with Crippen LogP contribution in [0.15, 0.2) is 12.7 Å². The summed E-state index contributed by atoms with van der Waals surface area (Å²) in [6.45, 7) is 11.7. The molecule has 1 rings (SSSR count). The highest BCUT2D eigenvalue weighted by Crippen LogP contribution is 2.41. The van der Waals surface area contributed by atoms with Crippen molar-refractivity contribution in [2.45, 2.75) is 52.1 Å². The lowest BCUT2D eigenvalue weighted by Gasteiger charge is -2.37. The molecule has 0 saturated carbocycles. The average Bonchev–Trinajstić information content (AvgIpc) is 2.55. The molecule has 82 valence electrons. The quantitative estimate of drug-likeness (QED) is 0.608. The Balaban J connectivity index is 2.78. The van der Waals surface area contributed by atoms with Crippen molar-refractivity contribution in [3.63, 3.8) is 0 Å². The maximum absolute atomic E-state index is 6.02. The molecule has 2 unspecified atom stereocenters. The second-order valence-corrected chi connectivity index (χ2v) is 4.77. The lowest BCUT2D eigenvalue weighted by molar-refractivity contribution is -0.0489. The summed E-state index contributed by atoms with van der Waals surface area (Å²) in [6, 6.07) is 0. The summed E-state index contributed by atoms with van der Waals surface area (Å²) in [7, 11) is 0. The summed E-state index contributed by atoms with van der Waals surface area (Å²) in [5, 5.41) is 0. The zero-order valence-corrected chi connectivity index (χ0v) is 9.88. The van der Waals surface area contributed by atoms with Crippen LogP contribution in [-0.2, 0) is 4.74 Å². The molecule has 0 bridgehead atoms. The van der Waals surface area contributed by atoms with E-state index < -0.39 is 0 Å². The minimum absolute atomic E-state index is 0.116. The summed E-state index contributed by atoms with van der Waals surface area (Å²) in [6.07, 6.45) is 6.93. The maximum atomic E-state index is 6.02. The first-order valence-electron chi connectivity index (χ1n) is 5.93. The highest BCUT2D eigenvalue weighted by Gasteiger charge is 2.41. The van der Waals surface area contributed by atoms with Crippen LogP contribution in [0.3, 0.4) is 0 Å². The summed E-state index contributed by atoms with van der Waals surface area (Å²) >= 11 is 0. The minimum atomic E-state index is 0.116. The van der Waals surface area contributed by atoms with Crippen LogP contribution in [0.5, 0.6) is 0 Å². The Morgan fingerprint density at radius 2 is 2.21 bits per heavy atom. The summed E-state index contributed by atoms with van der Waals surface area (Å²) in [4.78, 5) is 0. The van der Waals surface area contributed by atoms with Gasteiger partial charge in [0.25, 0.3) is 0 Å². The largest absolute Gasteiger partial charge is 0.374 e. The van der Waals surface area contributed by atoms with Crippen molar-refractivity contribution in [3.8, 4) is 0 Å². The molecule has 0 aromatic rings. The van der Waals surface area contributed by atoms with Crippen LogP contribution < -0.4 is 0 Å². The Morgan fingerprint density at radius 1 is 1.50 bits per heavy atom. The van der Waals surface area contributed by atoms with Gasteiger partial charge in [0, 0.05) is 12.5 Å². The number of ether oxygens (including phenoxy) is 1. The van der Waals surface area contributed by atoms with Crippen molar-refractivity contribution >= 4 is 0 Å². The van der Waals surface area contributed by atoms with Gasteiger partial charge in [-0.25, -0.2) is 0 Å². The van der Waals surface area contributed by atoms with Gasteiger partial charge in [0.2, 0.25) is 0 Å². The zero-order chi connectivity index (χ0) is 10.6. The summed E-state index contributed by atoms with van der Waals surface area (Å²) in [5.41, 5.74) is 0.116. The van der Waals surface area contributed by atoms with E-state index in [4.69, 9.17) is 4.74 Å². The first-order valence-corrected chi connectivity index (χ1v) is 5.93. The standard InChI is InChI=1S/C13H24O/c1-5-8-13(9-7-10-14-13)12(6-2)11(3)4/h6,11-12H,2,5,7-10H2,1,3-4H3. The van der Waals surface area contributed by atoms with Gasteiger partial charge < -0.3 is 4.74 Å². The van der Waals surface area contributed by atoms with Crippen LogP contribution >= 0.6 is 0 Å². The molecule has 0 spiro atoms. The molecule has 1 aliphatic rings. The SMILES string of the molecule is C=CC(C(C)C)C1(CCC)CCCO1. The van der Waals surface area contributed by atoms with Gasteiger partial charge in [-0.15, -0.1) is 6.58 Å². The Morgan fingerprint density at radius 3 is 2.57 bits per heavy atom. The fourth-order valence-electron chi connectivity index (χ4n) is 2.86. The molecule has 1 fully saturated rings. The van der Waals surface area contributed by atoms with Crippen molar-refractivity contribution < 1.29 is 4.74 Å². The Kier molecular flexibility index (Phi) is 4.18. The lowest BCUT2D eigenvalue weighted by atomic mass is 9.75. The predicted octanol–water partition coefficient (Wildman–Crippen LogP) is 3.79. The first-order chi connectivity index (χ1) is 6.66. The minimum Gasteiger partial charge on any atom is -0.374 e. The van der Waals surface area contributed by atoms with E-state index in [0.717, 1.165) is 6.61 Å². The van der Waals surface area contributed by atoms with Crippen molar-refractivity contribution in [1.29, 1.82) is 0 Å². The highest BCUT2D eigenvalue weighted by atomic mass is 16.5. The van der Waals surface area contributed by atoms with E-state index in [2.05, 4.69) is 33.4 Å². The van der Waals surface area contributed by atoms with Crippen LogP contribution in [0, 0.1) is 11.8 Å². The maximum Gasteiger partial charge on any atom is 0.0747 e. The van der Waals surface area contributed by atoms with Gasteiger partial charge in [-0.2, -0.15) is 0 Å². The lowest BCUT2D eigenvalue weighted by Crippen LogP contribution is -2.39. The molecule has 0 aliphatic carbocycles. The Hall–Kier alpha value is -0.300. The highest BCUT2D eigenvalue weighted by molar-refractivity contribution is 5.00. The van der Waals surface area contributed by atoms with Crippen LogP contribution in [-0.4, -0.2) is 12.2 Å². The molecule has 0 N–H and O–H groups in total. The van der Waals surface area contributed by atoms with Crippen LogP contribution in [0.25, 0.3) is 0 Å². The first kappa shape index (κ1) is 11.8. The van der Waals surface area contributed by atoms with Crippen molar-refractivity contribution in [2.24, 2.45) is 11.8 Å². The molecule has 0 radical (unpaired) electrons. The zero-order valence-electron chi connectivity index (χ0n) is 9.88. The van der Waals surface area contributed by atoms with E-state index in [1.165, 1.54) is 25.7 Å². The predicted molar refractivity (Wildman–Crippen MR) is 61.4 cm³/mol. The third kappa shape index (κ3) is 2.20. The molecule has 0 aromatic carbocycles. The second-order valence-electron chi connectivity index (χ2n) is 4.77. The molecule has 1 aliphatic heterocycles. The van der Waals surface area contributed by atoms with E-state index in [-0.39, 0.29) is 5.60 Å². The van der Waals surface area contributed by atoms with Gasteiger partial charge in [-0.05, 0) is 25.2 Å². The van der Waals surface area contributed by atoms with Gasteiger partial charge in [0.05, 0.1) is 5.60 Å². The molecule has 0 amide bonds. The third-order valence-corrected chi connectivity index (χ3v) is 3.39. The molecule has 2 atom stereocenters. The fraction of sp³-hybridized carbons (Fsp3) is 0.846. The number of hydrogen-bond acceptors (Lipinski definition) is 1. The van der Waals surface area contributed by atoms with Crippen LogP contribution in [0.4, 0.5) is 0 Å². The van der Waals surface area contributed by atoms with E-state index in [1.807, 2.05) is 0 Å². The van der Waals surface area contributed by atoms with E-state index in [9.17, 15) is 0 Å². The van der Waals surface area contributed by atoms with Crippen LogP contribution in [0.1, 0.15) is 46.5 Å². The van der Waals surface area contributed by atoms with Gasteiger partial charge in [-0.3, -0.25) is 0 Å². The van der Waals surface area contributed by atoms with E-state index in [0.29, 0.717) is 11.8 Å².